The molecule has 5 aliphatic rings. The van der Waals surface area contributed by atoms with E-state index in [1.807, 2.05) is 0 Å². The molecule has 0 heterocycles. The van der Waals surface area contributed by atoms with Crippen LogP contribution in [-0.2, 0) is 9.53 Å². The number of ether oxygens (including phenoxy) is 1. The van der Waals surface area contributed by atoms with Crippen molar-refractivity contribution in [1.29, 1.82) is 0 Å². The summed E-state index contributed by atoms with van der Waals surface area (Å²) in [6.07, 6.45) is 9.36. The van der Waals surface area contributed by atoms with Gasteiger partial charge >= 0.3 is 5.97 Å². The van der Waals surface area contributed by atoms with Crippen LogP contribution >= 0.6 is 0 Å². The minimum absolute atomic E-state index is 0.0747. The Morgan fingerprint density at radius 1 is 1.18 bits per heavy atom. The quantitative estimate of drug-likeness (QED) is 0.676. The van der Waals surface area contributed by atoms with E-state index in [9.17, 15) is 4.79 Å². The molecule has 0 aromatic heterocycles. The van der Waals surface area contributed by atoms with E-state index in [1.165, 1.54) is 38.5 Å². The van der Waals surface area contributed by atoms with Gasteiger partial charge < -0.3 is 4.74 Å². The molecule has 5 fully saturated rings. The molecule has 0 N–H and O–H groups in total. The molecule has 122 valence electrons. The SMILES string of the molecule is COC(=O)[C@H]1CCC[C@@]2(C)[C@H]1CC[C@]13C[C@@H]4[C@H](C)[C@H]4C1C[C@@H]32. The molecule has 2 nitrogen and oxygen atoms in total. The molecule has 5 aliphatic carbocycles. The highest BCUT2D eigenvalue weighted by Crippen LogP contribution is 2.82. The Bertz CT molecular complexity index is 528. The molecule has 22 heavy (non-hydrogen) atoms. The van der Waals surface area contributed by atoms with Gasteiger partial charge in [-0.15, -0.1) is 0 Å². The number of esters is 1. The summed E-state index contributed by atoms with van der Waals surface area (Å²) in [5.74, 6) is 5.99. The van der Waals surface area contributed by atoms with Gasteiger partial charge in [-0.1, -0.05) is 20.3 Å². The summed E-state index contributed by atoms with van der Waals surface area (Å²) in [5.41, 5.74) is 1.12. The van der Waals surface area contributed by atoms with Crippen LogP contribution in [0.2, 0.25) is 0 Å². The molecule has 0 radical (unpaired) electrons. The number of rotatable bonds is 1. The standard InChI is InChI=1S/C20H30O2/c1-11-13-10-20-8-6-14-12(18(21)22-3)5-4-7-19(14,2)16(20)9-15(20)17(11)13/h11-17H,4-10H2,1-3H3/t11-,12-,13+,14-,15?,16+,17+,19-,20-/m0/s1. The van der Waals surface area contributed by atoms with E-state index in [0.717, 1.165) is 36.0 Å². The van der Waals surface area contributed by atoms with Crippen molar-refractivity contribution in [2.45, 2.75) is 58.8 Å². The zero-order valence-corrected chi connectivity index (χ0v) is 14.3. The van der Waals surface area contributed by atoms with Gasteiger partial charge in [0.05, 0.1) is 13.0 Å². The Hall–Kier alpha value is -0.530. The monoisotopic (exact) mass is 302 g/mol. The molecule has 0 aliphatic heterocycles. The lowest BCUT2D eigenvalue weighted by Gasteiger charge is -2.68. The average molecular weight is 302 g/mol. The van der Waals surface area contributed by atoms with Crippen LogP contribution in [0.25, 0.3) is 0 Å². The van der Waals surface area contributed by atoms with E-state index in [1.54, 1.807) is 7.11 Å². The number of carbonyl (C=O) groups is 1. The molecule has 1 unspecified atom stereocenters. The van der Waals surface area contributed by atoms with Crippen molar-refractivity contribution in [3.63, 3.8) is 0 Å². The van der Waals surface area contributed by atoms with E-state index >= 15 is 0 Å². The van der Waals surface area contributed by atoms with Gasteiger partial charge in [0.15, 0.2) is 0 Å². The third-order valence-electron chi connectivity index (χ3n) is 9.42. The summed E-state index contributed by atoms with van der Waals surface area (Å²) >= 11 is 0. The zero-order chi connectivity index (χ0) is 15.3. The normalized spacial score (nSPS) is 61.1. The summed E-state index contributed by atoms with van der Waals surface area (Å²) < 4.78 is 5.15. The van der Waals surface area contributed by atoms with Gasteiger partial charge in [-0.05, 0) is 84.9 Å². The largest absolute Gasteiger partial charge is 0.469 e. The second-order valence-electron chi connectivity index (χ2n) is 9.61. The molecule has 9 atom stereocenters. The maximum absolute atomic E-state index is 12.3. The van der Waals surface area contributed by atoms with Gasteiger partial charge in [0.2, 0.25) is 0 Å². The second kappa shape index (κ2) is 4.11. The first-order chi connectivity index (χ1) is 10.5. The molecule has 5 saturated carbocycles. The maximum atomic E-state index is 12.3. The Labute approximate surface area is 134 Å². The van der Waals surface area contributed by atoms with Crippen LogP contribution < -0.4 is 0 Å². The van der Waals surface area contributed by atoms with Crippen molar-refractivity contribution >= 4 is 5.97 Å². The van der Waals surface area contributed by atoms with E-state index in [4.69, 9.17) is 4.74 Å². The minimum Gasteiger partial charge on any atom is -0.469 e. The first-order valence-corrected chi connectivity index (χ1v) is 9.61. The van der Waals surface area contributed by atoms with Crippen LogP contribution in [0.4, 0.5) is 0 Å². The van der Waals surface area contributed by atoms with Gasteiger partial charge in [-0.25, -0.2) is 0 Å². The molecule has 5 rings (SSSR count). The fraction of sp³-hybridized carbons (Fsp3) is 0.950. The predicted octanol–water partition coefficient (Wildman–Crippen LogP) is 4.28. The molecule has 2 heteroatoms. The van der Waals surface area contributed by atoms with Crippen molar-refractivity contribution in [2.24, 2.45) is 52.3 Å². The topological polar surface area (TPSA) is 26.3 Å². The fourth-order valence-corrected chi connectivity index (χ4v) is 8.42. The van der Waals surface area contributed by atoms with Gasteiger partial charge in [0, 0.05) is 0 Å². The van der Waals surface area contributed by atoms with Gasteiger partial charge in [0.25, 0.3) is 0 Å². The van der Waals surface area contributed by atoms with Crippen LogP contribution in [0, 0.1) is 52.3 Å². The minimum atomic E-state index is 0.0747. The maximum Gasteiger partial charge on any atom is 0.308 e. The molecule has 0 saturated heterocycles. The van der Waals surface area contributed by atoms with Crippen LogP contribution in [0.3, 0.4) is 0 Å². The molecule has 0 aromatic rings. The zero-order valence-electron chi connectivity index (χ0n) is 14.3. The summed E-state index contributed by atoms with van der Waals surface area (Å²) in [6, 6.07) is 0. The number of hydrogen-bond donors (Lipinski definition) is 0. The first kappa shape index (κ1) is 13.9. The highest BCUT2D eigenvalue weighted by molar-refractivity contribution is 5.73. The van der Waals surface area contributed by atoms with Gasteiger partial charge in [-0.2, -0.15) is 0 Å². The highest BCUT2D eigenvalue weighted by Gasteiger charge is 2.76. The number of carbonyl (C=O) groups excluding carboxylic acids is 1. The van der Waals surface area contributed by atoms with E-state index in [0.29, 0.717) is 16.7 Å². The van der Waals surface area contributed by atoms with Gasteiger partial charge in [0.1, 0.15) is 0 Å². The summed E-state index contributed by atoms with van der Waals surface area (Å²) in [5, 5.41) is 0. The molecule has 0 bridgehead atoms. The third-order valence-corrected chi connectivity index (χ3v) is 9.42. The number of fused-ring (bicyclic) bond motifs is 4. The summed E-state index contributed by atoms with van der Waals surface area (Å²) in [6.45, 7) is 5.03. The molecule has 0 aromatic carbocycles. The molecule has 1 spiro atoms. The summed E-state index contributed by atoms with van der Waals surface area (Å²) in [7, 11) is 1.57. The van der Waals surface area contributed by atoms with Gasteiger partial charge in [-0.3, -0.25) is 4.79 Å². The Morgan fingerprint density at radius 3 is 2.73 bits per heavy atom. The molecule has 0 amide bonds. The summed E-state index contributed by atoms with van der Waals surface area (Å²) in [4.78, 5) is 12.3. The molecular weight excluding hydrogens is 272 g/mol. The van der Waals surface area contributed by atoms with Crippen molar-refractivity contribution in [1.82, 2.24) is 0 Å². The van der Waals surface area contributed by atoms with E-state index in [-0.39, 0.29) is 11.9 Å². The fourth-order valence-electron chi connectivity index (χ4n) is 8.42. The number of methoxy groups -OCH3 is 1. The third kappa shape index (κ3) is 1.38. The van der Waals surface area contributed by atoms with Crippen LogP contribution in [0.5, 0.6) is 0 Å². The predicted molar refractivity (Wildman–Crippen MR) is 85.0 cm³/mol. The lowest BCUT2D eigenvalue weighted by molar-refractivity contribution is -0.207. The molecular formula is C20H30O2. The Balaban J connectivity index is 1.45. The lowest BCUT2D eigenvalue weighted by Crippen LogP contribution is -2.62. The Morgan fingerprint density at radius 2 is 2.00 bits per heavy atom. The van der Waals surface area contributed by atoms with E-state index in [2.05, 4.69) is 13.8 Å². The average Bonchev–Trinajstić information content (AvgIpc) is 3.02. The highest BCUT2D eigenvalue weighted by atomic mass is 16.5. The lowest BCUT2D eigenvalue weighted by atomic mass is 9.36. The van der Waals surface area contributed by atoms with Crippen LogP contribution in [0.15, 0.2) is 0 Å². The smallest absolute Gasteiger partial charge is 0.308 e. The Kier molecular flexibility index (Phi) is 2.59. The van der Waals surface area contributed by atoms with Crippen molar-refractivity contribution in [2.75, 3.05) is 7.11 Å². The van der Waals surface area contributed by atoms with Crippen molar-refractivity contribution in [3.05, 3.63) is 0 Å². The van der Waals surface area contributed by atoms with E-state index < -0.39 is 0 Å². The van der Waals surface area contributed by atoms with Crippen LogP contribution in [-0.4, -0.2) is 13.1 Å². The van der Waals surface area contributed by atoms with Crippen LogP contribution in [0.1, 0.15) is 58.8 Å². The van der Waals surface area contributed by atoms with Crippen molar-refractivity contribution < 1.29 is 9.53 Å². The second-order valence-corrected chi connectivity index (χ2v) is 9.61. The van der Waals surface area contributed by atoms with Crippen molar-refractivity contribution in [3.8, 4) is 0 Å². The first-order valence-electron chi connectivity index (χ1n) is 9.61. The number of hydrogen-bond acceptors (Lipinski definition) is 2.